The van der Waals surface area contributed by atoms with Gasteiger partial charge in [0.2, 0.25) is 0 Å². The van der Waals surface area contributed by atoms with Gasteiger partial charge in [-0.1, -0.05) is 15.9 Å². The summed E-state index contributed by atoms with van der Waals surface area (Å²) in [4.78, 5) is 2.46. The summed E-state index contributed by atoms with van der Waals surface area (Å²) < 4.78 is 0.901. The Morgan fingerprint density at radius 3 is 2.57 bits per heavy atom. The summed E-state index contributed by atoms with van der Waals surface area (Å²) in [7, 11) is 0. The van der Waals surface area contributed by atoms with Crippen molar-refractivity contribution in [2.24, 2.45) is 0 Å². The second kappa shape index (κ2) is 3.75. The van der Waals surface area contributed by atoms with Crippen LogP contribution in [0.15, 0.2) is 34.8 Å². The molecule has 0 aliphatic rings. The lowest BCUT2D eigenvalue weighted by molar-refractivity contribution is 0.475. The smallest absolute Gasteiger partial charge is 0.117 e. The van der Waals surface area contributed by atoms with Crippen molar-refractivity contribution in [3.8, 4) is 16.2 Å². The highest BCUT2D eigenvalue weighted by atomic mass is 79.9. The molecule has 0 saturated carbocycles. The highest BCUT2D eigenvalue weighted by Crippen LogP contribution is 2.32. The molecule has 0 amide bonds. The molecular weight excluding hydrogens is 260 g/mol. The maximum atomic E-state index is 9.44. The Morgan fingerprint density at radius 2 is 2.00 bits per heavy atom. The van der Waals surface area contributed by atoms with E-state index in [1.165, 1.54) is 9.75 Å². The fourth-order valence-corrected chi connectivity index (χ4v) is 2.64. The minimum Gasteiger partial charge on any atom is -0.508 e. The molecule has 1 nitrogen and oxygen atoms in total. The minimum absolute atomic E-state index is 0.292. The average Bonchev–Trinajstić information content (AvgIpc) is 2.50. The lowest BCUT2D eigenvalue weighted by Crippen LogP contribution is -1.73. The molecule has 0 bridgehead atoms. The van der Waals surface area contributed by atoms with E-state index in [1.807, 2.05) is 6.07 Å². The van der Waals surface area contributed by atoms with E-state index in [0.717, 1.165) is 10.0 Å². The number of phenols is 1. The van der Waals surface area contributed by atoms with Gasteiger partial charge in [-0.25, -0.2) is 0 Å². The van der Waals surface area contributed by atoms with Crippen molar-refractivity contribution in [1.82, 2.24) is 0 Å². The SMILES string of the molecule is Cc1ccc(-c2cc(O)cc(Br)c2)s1. The standard InChI is InChI=1S/C11H9BrOS/c1-7-2-3-11(14-7)8-4-9(12)6-10(13)5-8/h2-6,13H,1H3. The number of hydrogen-bond donors (Lipinski definition) is 1. The highest BCUT2D eigenvalue weighted by Gasteiger charge is 2.03. The Kier molecular flexibility index (Phi) is 2.61. The van der Waals surface area contributed by atoms with Gasteiger partial charge in [0.15, 0.2) is 0 Å². The Hall–Kier alpha value is -0.800. The van der Waals surface area contributed by atoms with Gasteiger partial charge in [-0.05, 0) is 42.8 Å². The van der Waals surface area contributed by atoms with Crippen LogP contribution in [-0.2, 0) is 0 Å². The Morgan fingerprint density at radius 1 is 1.21 bits per heavy atom. The van der Waals surface area contributed by atoms with Gasteiger partial charge in [-0.15, -0.1) is 11.3 Å². The van der Waals surface area contributed by atoms with Crippen molar-refractivity contribution in [2.45, 2.75) is 6.92 Å². The zero-order valence-electron chi connectivity index (χ0n) is 7.62. The number of phenolic OH excluding ortho intramolecular Hbond substituents is 1. The fourth-order valence-electron chi connectivity index (χ4n) is 1.31. The highest BCUT2D eigenvalue weighted by molar-refractivity contribution is 9.10. The summed E-state index contributed by atoms with van der Waals surface area (Å²) in [5.41, 5.74) is 1.05. The van der Waals surface area contributed by atoms with Crippen molar-refractivity contribution in [1.29, 1.82) is 0 Å². The summed E-state index contributed by atoms with van der Waals surface area (Å²) >= 11 is 5.09. The second-order valence-electron chi connectivity index (χ2n) is 3.11. The molecule has 0 fully saturated rings. The Balaban J connectivity index is 2.51. The van der Waals surface area contributed by atoms with Crippen LogP contribution in [0.4, 0.5) is 0 Å². The molecule has 1 aromatic carbocycles. The lowest BCUT2D eigenvalue weighted by Gasteiger charge is -2.00. The molecule has 14 heavy (non-hydrogen) atoms. The van der Waals surface area contributed by atoms with E-state index in [4.69, 9.17) is 0 Å². The third-order valence-corrected chi connectivity index (χ3v) is 3.42. The van der Waals surface area contributed by atoms with E-state index in [-0.39, 0.29) is 0 Å². The zero-order chi connectivity index (χ0) is 10.1. The maximum absolute atomic E-state index is 9.44. The van der Waals surface area contributed by atoms with Crippen molar-refractivity contribution in [2.75, 3.05) is 0 Å². The molecule has 0 aliphatic carbocycles. The number of benzene rings is 1. The van der Waals surface area contributed by atoms with Crippen molar-refractivity contribution < 1.29 is 5.11 Å². The van der Waals surface area contributed by atoms with Gasteiger partial charge in [0, 0.05) is 14.2 Å². The molecular formula is C11H9BrOS. The molecule has 0 atom stereocenters. The summed E-state index contributed by atoms with van der Waals surface area (Å²) in [6, 6.07) is 9.62. The Bertz CT molecular complexity index is 442. The van der Waals surface area contributed by atoms with E-state index < -0.39 is 0 Å². The van der Waals surface area contributed by atoms with Gasteiger partial charge in [0.1, 0.15) is 5.75 Å². The first-order valence-electron chi connectivity index (χ1n) is 4.21. The van der Waals surface area contributed by atoms with E-state index in [0.29, 0.717) is 5.75 Å². The summed E-state index contributed by atoms with van der Waals surface area (Å²) in [6.45, 7) is 2.08. The largest absolute Gasteiger partial charge is 0.508 e. The first-order chi connectivity index (χ1) is 6.65. The maximum Gasteiger partial charge on any atom is 0.117 e. The molecule has 1 N–H and O–H groups in total. The summed E-state index contributed by atoms with van der Waals surface area (Å²) in [6.07, 6.45) is 0. The van der Waals surface area contributed by atoms with Crippen LogP contribution in [0.25, 0.3) is 10.4 Å². The molecule has 2 aromatic rings. The molecule has 2 rings (SSSR count). The van der Waals surface area contributed by atoms with Gasteiger partial charge >= 0.3 is 0 Å². The molecule has 0 spiro atoms. The van der Waals surface area contributed by atoms with Gasteiger partial charge < -0.3 is 5.11 Å². The third-order valence-electron chi connectivity index (χ3n) is 1.91. The van der Waals surface area contributed by atoms with Crippen LogP contribution < -0.4 is 0 Å². The average molecular weight is 269 g/mol. The fraction of sp³-hybridized carbons (Fsp3) is 0.0909. The summed E-state index contributed by atoms with van der Waals surface area (Å²) in [5, 5.41) is 9.44. The second-order valence-corrected chi connectivity index (χ2v) is 5.31. The number of aromatic hydroxyl groups is 1. The summed E-state index contributed by atoms with van der Waals surface area (Å²) in [5.74, 6) is 0.292. The predicted octanol–water partition coefficient (Wildman–Crippen LogP) is 4.19. The van der Waals surface area contributed by atoms with Crippen LogP contribution in [0.3, 0.4) is 0 Å². The van der Waals surface area contributed by atoms with E-state index in [1.54, 1.807) is 23.5 Å². The van der Waals surface area contributed by atoms with Gasteiger partial charge in [0.25, 0.3) is 0 Å². The van der Waals surface area contributed by atoms with Crippen LogP contribution in [0.5, 0.6) is 5.75 Å². The predicted molar refractivity (Wildman–Crippen MR) is 63.9 cm³/mol. The van der Waals surface area contributed by atoms with Gasteiger partial charge in [-0.3, -0.25) is 0 Å². The van der Waals surface area contributed by atoms with Crippen molar-refractivity contribution in [3.63, 3.8) is 0 Å². The molecule has 0 saturated heterocycles. The number of halogens is 1. The molecule has 3 heteroatoms. The van der Waals surface area contributed by atoms with Gasteiger partial charge in [-0.2, -0.15) is 0 Å². The van der Waals surface area contributed by atoms with Crippen LogP contribution in [0.2, 0.25) is 0 Å². The normalized spacial score (nSPS) is 10.4. The number of aryl methyl sites for hydroxylation is 1. The lowest BCUT2D eigenvalue weighted by atomic mass is 10.2. The van der Waals surface area contributed by atoms with E-state index in [9.17, 15) is 5.11 Å². The van der Waals surface area contributed by atoms with Crippen LogP contribution in [-0.4, -0.2) is 5.11 Å². The van der Waals surface area contributed by atoms with Gasteiger partial charge in [0.05, 0.1) is 0 Å². The molecule has 0 radical (unpaired) electrons. The van der Waals surface area contributed by atoms with E-state index >= 15 is 0 Å². The quantitative estimate of drug-likeness (QED) is 0.822. The molecule has 0 unspecified atom stereocenters. The zero-order valence-corrected chi connectivity index (χ0v) is 10.0. The number of rotatable bonds is 1. The number of thiophene rings is 1. The molecule has 1 aromatic heterocycles. The topological polar surface area (TPSA) is 20.2 Å². The van der Waals surface area contributed by atoms with Crippen molar-refractivity contribution in [3.05, 3.63) is 39.7 Å². The Labute approximate surface area is 95.2 Å². The molecule has 1 heterocycles. The molecule has 0 aliphatic heterocycles. The van der Waals surface area contributed by atoms with Crippen molar-refractivity contribution >= 4 is 27.3 Å². The van der Waals surface area contributed by atoms with Crippen LogP contribution >= 0.6 is 27.3 Å². The number of hydrogen-bond acceptors (Lipinski definition) is 2. The van der Waals surface area contributed by atoms with Crippen LogP contribution in [0.1, 0.15) is 4.88 Å². The monoisotopic (exact) mass is 268 g/mol. The van der Waals surface area contributed by atoms with Crippen LogP contribution in [0, 0.1) is 6.92 Å². The first-order valence-corrected chi connectivity index (χ1v) is 5.82. The third kappa shape index (κ3) is 1.99. The molecule has 72 valence electrons. The van der Waals surface area contributed by atoms with E-state index in [2.05, 4.69) is 35.0 Å². The first kappa shape index (κ1) is 9.74. The minimum atomic E-state index is 0.292.